The second kappa shape index (κ2) is 7.58. The third-order valence-electron chi connectivity index (χ3n) is 4.84. The number of aliphatic hydroxyl groups is 2. The maximum Gasteiger partial charge on any atom is 0.241 e. The Kier molecular flexibility index (Phi) is 5.41. The fourth-order valence-corrected chi connectivity index (χ4v) is 3.33. The maximum atomic E-state index is 12.6. The van der Waals surface area contributed by atoms with Crippen molar-refractivity contribution in [2.75, 3.05) is 0 Å². The number of benzene rings is 2. The lowest BCUT2D eigenvalue weighted by Crippen LogP contribution is -2.44. The molecule has 0 saturated heterocycles. The number of nitrogens with one attached hydrogen (secondary N) is 1. The highest BCUT2D eigenvalue weighted by molar-refractivity contribution is 5.82. The molecule has 3 unspecified atom stereocenters. The molecule has 0 aromatic heterocycles. The molecule has 2 aromatic rings. The van der Waals surface area contributed by atoms with E-state index in [1.54, 1.807) is 24.3 Å². The minimum atomic E-state index is -1.06. The fraction of sp³-hybridized carbons (Fsp3) is 0.381. The molecular formula is C21H26N2O3. The first-order valence-electron chi connectivity index (χ1n) is 9.01. The molecule has 3 atom stereocenters. The molecule has 5 heteroatoms. The van der Waals surface area contributed by atoms with E-state index in [0.717, 1.165) is 12.0 Å². The molecule has 138 valence electrons. The summed E-state index contributed by atoms with van der Waals surface area (Å²) in [5.74, 6) is -0.0833. The van der Waals surface area contributed by atoms with Crippen molar-refractivity contribution < 1.29 is 15.0 Å². The Morgan fingerprint density at radius 3 is 2.04 bits per heavy atom. The van der Waals surface area contributed by atoms with Crippen LogP contribution in [0.15, 0.2) is 48.5 Å². The van der Waals surface area contributed by atoms with Crippen molar-refractivity contribution >= 4 is 5.91 Å². The molecule has 0 saturated carbocycles. The maximum absolute atomic E-state index is 12.6. The highest BCUT2D eigenvalue weighted by Crippen LogP contribution is 2.37. The van der Waals surface area contributed by atoms with Gasteiger partial charge in [0.1, 0.15) is 0 Å². The number of nitrogens with zero attached hydrogens (tertiary/aromatic N) is 1. The summed E-state index contributed by atoms with van der Waals surface area (Å²) in [5.41, 5.74) is 6.02. The van der Waals surface area contributed by atoms with Crippen molar-refractivity contribution in [2.24, 2.45) is 5.92 Å². The summed E-state index contributed by atoms with van der Waals surface area (Å²) in [4.78, 5) is 12.6. The Balaban J connectivity index is 1.68. The minimum absolute atomic E-state index is 0.271. The Morgan fingerprint density at radius 2 is 1.54 bits per heavy atom. The summed E-state index contributed by atoms with van der Waals surface area (Å²) in [7, 11) is 0. The minimum Gasteiger partial charge on any atom is -0.372 e. The molecule has 2 aromatic carbocycles. The predicted octanol–water partition coefficient (Wildman–Crippen LogP) is 3.02. The van der Waals surface area contributed by atoms with Crippen molar-refractivity contribution in [1.29, 1.82) is 0 Å². The Labute approximate surface area is 154 Å². The number of carbonyl (C=O) groups is 1. The van der Waals surface area contributed by atoms with Crippen molar-refractivity contribution in [1.82, 2.24) is 10.4 Å². The van der Waals surface area contributed by atoms with Crippen LogP contribution in [0.4, 0.5) is 0 Å². The van der Waals surface area contributed by atoms with Crippen LogP contribution in [-0.2, 0) is 11.2 Å². The van der Waals surface area contributed by atoms with Crippen LogP contribution in [-0.4, -0.2) is 21.1 Å². The van der Waals surface area contributed by atoms with Crippen LogP contribution in [0.5, 0.6) is 0 Å². The van der Waals surface area contributed by atoms with Gasteiger partial charge >= 0.3 is 0 Å². The molecule has 0 spiro atoms. The van der Waals surface area contributed by atoms with E-state index in [0.29, 0.717) is 17.0 Å². The molecule has 0 fully saturated rings. The van der Waals surface area contributed by atoms with Crippen LogP contribution < -0.4 is 5.43 Å². The van der Waals surface area contributed by atoms with Gasteiger partial charge in [0.25, 0.3) is 0 Å². The van der Waals surface area contributed by atoms with Crippen LogP contribution in [0.2, 0.25) is 0 Å². The van der Waals surface area contributed by atoms with Crippen molar-refractivity contribution in [2.45, 2.75) is 45.6 Å². The van der Waals surface area contributed by atoms with Gasteiger partial charge < -0.3 is 10.2 Å². The normalized spacial score (nSPS) is 20.8. The Bertz CT molecular complexity index is 744. The first-order chi connectivity index (χ1) is 12.4. The third kappa shape index (κ3) is 3.65. The molecule has 0 radical (unpaired) electrons. The monoisotopic (exact) mass is 354 g/mol. The van der Waals surface area contributed by atoms with Crippen molar-refractivity contribution in [3.63, 3.8) is 0 Å². The van der Waals surface area contributed by atoms with Gasteiger partial charge in [0.05, 0.1) is 5.92 Å². The number of fused-ring (bicyclic) bond motifs is 1. The van der Waals surface area contributed by atoms with Gasteiger partial charge in [-0.15, -0.1) is 0 Å². The summed E-state index contributed by atoms with van der Waals surface area (Å²) in [6.07, 6.45) is -1.12. The second-order valence-corrected chi connectivity index (χ2v) is 7.32. The number of hydrazine groups is 1. The summed E-state index contributed by atoms with van der Waals surface area (Å²) in [5, 5.41) is 22.0. The number of rotatable bonds is 5. The average Bonchev–Trinajstić information content (AvgIpc) is 2.86. The van der Waals surface area contributed by atoms with Crippen molar-refractivity contribution in [3.8, 4) is 0 Å². The van der Waals surface area contributed by atoms with Gasteiger partial charge in [0.2, 0.25) is 5.91 Å². The largest absolute Gasteiger partial charge is 0.372 e. The molecule has 1 aliphatic rings. The molecule has 5 nitrogen and oxygen atoms in total. The number of hydrogen-bond acceptors (Lipinski definition) is 4. The van der Waals surface area contributed by atoms with E-state index in [-0.39, 0.29) is 5.91 Å². The van der Waals surface area contributed by atoms with E-state index in [4.69, 9.17) is 0 Å². The van der Waals surface area contributed by atoms with Gasteiger partial charge in [0.15, 0.2) is 12.5 Å². The number of aliphatic hydroxyl groups excluding tert-OH is 2. The Morgan fingerprint density at radius 1 is 1.00 bits per heavy atom. The van der Waals surface area contributed by atoms with Crippen LogP contribution in [0.3, 0.4) is 0 Å². The third-order valence-corrected chi connectivity index (χ3v) is 4.84. The molecule has 3 N–H and O–H groups in total. The van der Waals surface area contributed by atoms with Gasteiger partial charge in [-0.05, 0) is 30.4 Å². The van der Waals surface area contributed by atoms with Crippen molar-refractivity contribution in [3.05, 3.63) is 70.8 Å². The predicted molar refractivity (Wildman–Crippen MR) is 99.7 cm³/mol. The average molecular weight is 354 g/mol. The SMILES string of the molecule is CC(C)Cc1ccc(C(C)C(=O)NN2C(O)c3ccccc3C2O)cc1. The molecule has 0 bridgehead atoms. The highest BCUT2D eigenvalue weighted by atomic mass is 16.3. The molecular weight excluding hydrogens is 328 g/mol. The number of hydrogen-bond donors (Lipinski definition) is 3. The number of carbonyl (C=O) groups excluding carboxylic acids is 1. The lowest BCUT2D eigenvalue weighted by Gasteiger charge is -2.26. The van der Waals surface area contributed by atoms with Gasteiger partial charge in [0, 0.05) is 11.1 Å². The zero-order chi connectivity index (χ0) is 18.8. The molecule has 1 heterocycles. The second-order valence-electron chi connectivity index (χ2n) is 7.32. The fourth-order valence-electron chi connectivity index (χ4n) is 3.33. The van der Waals surface area contributed by atoms with E-state index in [1.807, 2.05) is 19.1 Å². The Hall–Kier alpha value is -2.21. The van der Waals surface area contributed by atoms with Gasteiger partial charge in [-0.3, -0.25) is 10.2 Å². The lowest BCUT2D eigenvalue weighted by atomic mass is 9.96. The standard InChI is InChI=1S/C21H26N2O3/c1-13(2)12-15-8-10-16(11-9-15)14(3)19(24)22-23-20(25)17-6-4-5-7-18(17)21(23)26/h4-11,13-14,20-21,25-26H,12H2,1-3H3,(H,22,24). The van der Waals surface area contributed by atoms with Gasteiger partial charge in [-0.2, -0.15) is 5.01 Å². The summed E-state index contributed by atoms with van der Waals surface area (Å²) < 4.78 is 0. The first kappa shape index (κ1) is 18.6. The molecule has 0 aliphatic carbocycles. The zero-order valence-corrected chi connectivity index (χ0v) is 15.4. The van der Waals surface area contributed by atoms with Crippen LogP contribution in [0, 0.1) is 5.92 Å². The van der Waals surface area contributed by atoms with E-state index < -0.39 is 18.4 Å². The molecule has 26 heavy (non-hydrogen) atoms. The zero-order valence-electron chi connectivity index (χ0n) is 15.4. The quantitative estimate of drug-likeness (QED) is 0.772. The van der Waals surface area contributed by atoms with Gasteiger partial charge in [-0.1, -0.05) is 62.4 Å². The summed E-state index contributed by atoms with van der Waals surface area (Å²) in [6.45, 7) is 6.16. The van der Waals surface area contributed by atoms with Crippen LogP contribution >= 0.6 is 0 Å². The van der Waals surface area contributed by atoms with Crippen LogP contribution in [0.1, 0.15) is 61.4 Å². The molecule has 1 aliphatic heterocycles. The smallest absolute Gasteiger partial charge is 0.241 e. The van der Waals surface area contributed by atoms with E-state index >= 15 is 0 Å². The van der Waals surface area contributed by atoms with E-state index in [1.165, 1.54) is 10.6 Å². The highest BCUT2D eigenvalue weighted by Gasteiger charge is 2.37. The summed E-state index contributed by atoms with van der Waals surface area (Å²) in [6, 6.07) is 15.1. The molecule has 3 rings (SSSR count). The van der Waals surface area contributed by atoms with Gasteiger partial charge in [-0.25, -0.2) is 0 Å². The molecule has 1 amide bonds. The van der Waals surface area contributed by atoms with E-state index in [2.05, 4.69) is 31.4 Å². The number of amides is 1. The topological polar surface area (TPSA) is 72.8 Å². The first-order valence-corrected chi connectivity index (χ1v) is 9.01. The lowest BCUT2D eigenvalue weighted by molar-refractivity contribution is -0.150. The summed E-state index contributed by atoms with van der Waals surface area (Å²) >= 11 is 0. The van der Waals surface area contributed by atoms with Crippen LogP contribution in [0.25, 0.3) is 0 Å². The van der Waals surface area contributed by atoms with E-state index in [9.17, 15) is 15.0 Å².